The molecule has 1 atom stereocenters. The van der Waals surface area contributed by atoms with E-state index in [2.05, 4.69) is 4.99 Å². The van der Waals surface area contributed by atoms with Gasteiger partial charge in [0.05, 0.1) is 13.2 Å². The molecule has 0 spiro atoms. The maximum Gasteiger partial charge on any atom is 0.235 e. The number of hydrogen-bond donors (Lipinski definition) is 0. The highest BCUT2D eigenvalue weighted by atomic mass is 16.5. The maximum absolute atomic E-state index is 10.4. The second-order valence-electron chi connectivity index (χ2n) is 4.76. The predicted molar refractivity (Wildman–Crippen MR) is 63.3 cm³/mol. The summed E-state index contributed by atoms with van der Waals surface area (Å²) in [5, 5.41) is 0. The Morgan fingerprint density at radius 2 is 1.81 bits per heavy atom. The molecule has 0 heterocycles. The fourth-order valence-electron chi connectivity index (χ4n) is 1.61. The first kappa shape index (κ1) is 12.5. The van der Waals surface area contributed by atoms with Crippen molar-refractivity contribution in [1.82, 2.24) is 0 Å². The first-order valence-corrected chi connectivity index (χ1v) is 5.20. The van der Waals surface area contributed by atoms with Crippen LogP contribution >= 0.6 is 0 Å². The standard InChI is InChI=1S/C13H17NO2/c1-13(2,3)12(14-9-15)10-5-7-11(16-4)8-6-10/h5-8,12H,1-4H3. The molecular weight excluding hydrogens is 202 g/mol. The Morgan fingerprint density at radius 3 is 2.19 bits per heavy atom. The number of rotatable bonds is 3. The molecule has 0 radical (unpaired) electrons. The highest BCUT2D eigenvalue weighted by molar-refractivity contribution is 5.37. The van der Waals surface area contributed by atoms with E-state index in [0.717, 1.165) is 11.3 Å². The van der Waals surface area contributed by atoms with Crippen molar-refractivity contribution < 1.29 is 9.53 Å². The number of aliphatic imine (C=N–C) groups is 1. The Balaban J connectivity index is 3.07. The first-order chi connectivity index (χ1) is 7.49. The summed E-state index contributed by atoms with van der Waals surface area (Å²) in [5.41, 5.74) is 0.892. The van der Waals surface area contributed by atoms with E-state index in [1.165, 1.54) is 0 Å². The summed E-state index contributed by atoms with van der Waals surface area (Å²) in [4.78, 5) is 14.3. The third kappa shape index (κ3) is 2.94. The molecule has 0 amide bonds. The van der Waals surface area contributed by atoms with Crippen LogP contribution in [0.2, 0.25) is 0 Å². The van der Waals surface area contributed by atoms with Crippen molar-refractivity contribution >= 4 is 6.08 Å². The Kier molecular flexibility index (Phi) is 3.86. The van der Waals surface area contributed by atoms with Crippen LogP contribution in [0.15, 0.2) is 29.3 Å². The third-order valence-corrected chi connectivity index (χ3v) is 2.43. The molecular formula is C13H17NO2. The van der Waals surface area contributed by atoms with E-state index in [4.69, 9.17) is 4.74 Å². The summed E-state index contributed by atoms with van der Waals surface area (Å²) in [6.07, 6.45) is 1.65. The predicted octanol–water partition coefficient (Wildman–Crippen LogP) is 3.12. The second-order valence-corrected chi connectivity index (χ2v) is 4.76. The van der Waals surface area contributed by atoms with Gasteiger partial charge in [-0.15, -0.1) is 0 Å². The van der Waals surface area contributed by atoms with Crippen molar-refractivity contribution in [3.05, 3.63) is 29.8 Å². The fourth-order valence-corrected chi connectivity index (χ4v) is 1.61. The van der Waals surface area contributed by atoms with Gasteiger partial charge in [-0.1, -0.05) is 32.9 Å². The summed E-state index contributed by atoms with van der Waals surface area (Å²) in [5.74, 6) is 0.798. The van der Waals surface area contributed by atoms with Crippen molar-refractivity contribution in [2.45, 2.75) is 26.8 Å². The lowest BCUT2D eigenvalue weighted by Gasteiger charge is -2.26. The van der Waals surface area contributed by atoms with Gasteiger partial charge in [0, 0.05) is 0 Å². The van der Waals surface area contributed by atoms with Gasteiger partial charge in [0.2, 0.25) is 6.08 Å². The monoisotopic (exact) mass is 219 g/mol. The number of carbonyl (C=O) groups excluding carboxylic acids is 1. The van der Waals surface area contributed by atoms with Crippen molar-refractivity contribution in [2.24, 2.45) is 10.4 Å². The van der Waals surface area contributed by atoms with Crippen molar-refractivity contribution in [3.63, 3.8) is 0 Å². The molecule has 3 nitrogen and oxygen atoms in total. The van der Waals surface area contributed by atoms with Crippen LogP contribution in [0.1, 0.15) is 32.4 Å². The largest absolute Gasteiger partial charge is 0.497 e. The van der Waals surface area contributed by atoms with Crippen LogP contribution in [-0.4, -0.2) is 13.2 Å². The van der Waals surface area contributed by atoms with E-state index in [9.17, 15) is 4.79 Å². The lowest BCUT2D eigenvalue weighted by atomic mass is 9.83. The molecule has 0 fully saturated rings. The van der Waals surface area contributed by atoms with Gasteiger partial charge in [-0.2, -0.15) is 4.99 Å². The second kappa shape index (κ2) is 4.95. The first-order valence-electron chi connectivity index (χ1n) is 5.20. The van der Waals surface area contributed by atoms with Crippen LogP contribution in [0.25, 0.3) is 0 Å². The minimum atomic E-state index is -0.170. The molecule has 1 aromatic carbocycles. The summed E-state index contributed by atoms with van der Waals surface area (Å²) < 4.78 is 5.09. The van der Waals surface area contributed by atoms with Gasteiger partial charge in [0.25, 0.3) is 0 Å². The van der Waals surface area contributed by atoms with Gasteiger partial charge in [-0.3, -0.25) is 0 Å². The van der Waals surface area contributed by atoms with E-state index in [0.29, 0.717) is 0 Å². The molecule has 0 aliphatic heterocycles. The normalized spacial score (nSPS) is 12.8. The number of benzene rings is 1. The van der Waals surface area contributed by atoms with Crippen LogP contribution in [0.5, 0.6) is 5.75 Å². The van der Waals surface area contributed by atoms with Gasteiger partial charge in [-0.05, 0) is 23.1 Å². The Morgan fingerprint density at radius 1 is 1.25 bits per heavy atom. The van der Waals surface area contributed by atoms with E-state index >= 15 is 0 Å². The molecule has 16 heavy (non-hydrogen) atoms. The molecule has 0 bridgehead atoms. The molecule has 0 aromatic heterocycles. The lowest BCUT2D eigenvalue weighted by Crippen LogP contribution is -2.16. The summed E-state index contributed by atoms with van der Waals surface area (Å²) >= 11 is 0. The molecule has 1 aromatic rings. The highest BCUT2D eigenvalue weighted by Gasteiger charge is 2.25. The van der Waals surface area contributed by atoms with Gasteiger partial charge < -0.3 is 4.74 Å². The minimum Gasteiger partial charge on any atom is -0.497 e. The topological polar surface area (TPSA) is 38.7 Å². The summed E-state index contributed by atoms with van der Waals surface area (Å²) in [6, 6.07) is 7.42. The SMILES string of the molecule is COc1ccc(C(N=C=O)C(C)(C)C)cc1. The Labute approximate surface area is 96.2 Å². The van der Waals surface area contributed by atoms with Crippen molar-refractivity contribution in [2.75, 3.05) is 7.11 Å². The quantitative estimate of drug-likeness (QED) is 0.578. The van der Waals surface area contributed by atoms with E-state index in [-0.39, 0.29) is 11.5 Å². The maximum atomic E-state index is 10.4. The number of methoxy groups -OCH3 is 1. The van der Waals surface area contributed by atoms with Gasteiger partial charge >= 0.3 is 0 Å². The number of ether oxygens (including phenoxy) is 1. The lowest BCUT2D eigenvalue weighted by molar-refractivity contribution is 0.327. The average molecular weight is 219 g/mol. The summed E-state index contributed by atoms with van der Waals surface area (Å²) in [7, 11) is 1.62. The van der Waals surface area contributed by atoms with Gasteiger partial charge in [0.1, 0.15) is 5.75 Å². The van der Waals surface area contributed by atoms with Gasteiger partial charge in [-0.25, -0.2) is 4.79 Å². The molecule has 1 rings (SSSR count). The molecule has 0 N–H and O–H groups in total. The van der Waals surface area contributed by atoms with Crippen molar-refractivity contribution in [1.29, 1.82) is 0 Å². The van der Waals surface area contributed by atoms with Crippen LogP contribution in [0.3, 0.4) is 0 Å². The molecule has 0 saturated carbocycles. The van der Waals surface area contributed by atoms with Crippen molar-refractivity contribution in [3.8, 4) is 5.75 Å². The molecule has 86 valence electrons. The molecule has 0 saturated heterocycles. The smallest absolute Gasteiger partial charge is 0.235 e. The van der Waals surface area contributed by atoms with Crippen LogP contribution < -0.4 is 4.74 Å². The summed E-state index contributed by atoms with van der Waals surface area (Å²) in [6.45, 7) is 6.13. The Hall–Kier alpha value is -1.60. The zero-order valence-electron chi connectivity index (χ0n) is 10.2. The van der Waals surface area contributed by atoms with E-state index in [1.54, 1.807) is 13.2 Å². The zero-order chi connectivity index (χ0) is 12.2. The molecule has 0 aliphatic carbocycles. The molecule has 1 unspecified atom stereocenters. The molecule has 0 aliphatic rings. The number of nitrogens with zero attached hydrogens (tertiary/aromatic N) is 1. The average Bonchev–Trinajstić information content (AvgIpc) is 2.25. The highest BCUT2D eigenvalue weighted by Crippen LogP contribution is 2.36. The van der Waals surface area contributed by atoms with E-state index in [1.807, 2.05) is 45.0 Å². The van der Waals surface area contributed by atoms with Gasteiger partial charge in [0.15, 0.2) is 0 Å². The van der Waals surface area contributed by atoms with Crippen LogP contribution in [0, 0.1) is 5.41 Å². The molecule has 3 heteroatoms. The number of hydrogen-bond acceptors (Lipinski definition) is 3. The van der Waals surface area contributed by atoms with Crippen LogP contribution in [-0.2, 0) is 4.79 Å². The fraction of sp³-hybridized carbons (Fsp3) is 0.462. The Bertz CT molecular complexity index is 383. The van der Waals surface area contributed by atoms with E-state index < -0.39 is 0 Å². The minimum absolute atomic E-state index is 0.105. The number of isocyanates is 1. The zero-order valence-corrected chi connectivity index (χ0v) is 10.2. The van der Waals surface area contributed by atoms with Crippen LogP contribution in [0.4, 0.5) is 0 Å². The third-order valence-electron chi connectivity index (χ3n) is 2.43.